The average Bonchev–Trinajstić information content (AvgIpc) is 2.43. The molecule has 2 rings (SSSR count). The van der Waals surface area contributed by atoms with Gasteiger partial charge in [-0.05, 0) is 37.1 Å². The Bertz CT molecular complexity index is 525. The van der Waals surface area contributed by atoms with Crippen LogP contribution >= 0.6 is 0 Å². The van der Waals surface area contributed by atoms with E-state index in [0.717, 1.165) is 24.4 Å². The lowest BCUT2D eigenvalue weighted by molar-refractivity contribution is 0.415. The predicted molar refractivity (Wildman–Crippen MR) is 75.3 cm³/mol. The maximum Gasteiger partial charge on any atom is 0.119 e. The van der Waals surface area contributed by atoms with Crippen molar-refractivity contribution in [3.8, 4) is 5.75 Å². The minimum Gasteiger partial charge on any atom is -0.497 e. The van der Waals surface area contributed by atoms with Crippen LogP contribution in [0.15, 0.2) is 30.5 Å². The predicted octanol–water partition coefficient (Wildman–Crippen LogP) is 2.96. The standard InChI is InChI=1S/C15H20N2O/c1-4-11(10-16-2)15-14-9-13(18-3)6-5-12(14)7-8-17-15/h5-9,11,16H,4,10H2,1-3H3. The number of hydrogen-bond donors (Lipinski definition) is 1. The number of pyridine rings is 1. The average molecular weight is 244 g/mol. The van der Waals surface area contributed by atoms with Crippen molar-refractivity contribution in [3.63, 3.8) is 0 Å². The van der Waals surface area contributed by atoms with Gasteiger partial charge in [0.25, 0.3) is 0 Å². The molecule has 1 aromatic carbocycles. The zero-order valence-electron chi connectivity index (χ0n) is 11.2. The molecule has 0 amide bonds. The minimum absolute atomic E-state index is 0.436. The quantitative estimate of drug-likeness (QED) is 0.878. The summed E-state index contributed by atoms with van der Waals surface area (Å²) in [7, 11) is 3.68. The Hall–Kier alpha value is -1.61. The minimum atomic E-state index is 0.436. The first-order chi connectivity index (χ1) is 8.80. The molecule has 1 unspecified atom stereocenters. The molecule has 1 N–H and O–H groups in total. The first-order valence-electron chi connectivity index (χ1n) is 6.37. The molecule has 18 heavy (non-hydrogen) atoms. The van der Waals surface area contributed by atoms with E-state index in [4.69, 9.17) is 4.74 Å². The number of ether oxygens (including phenoxy) is 1. The zero-order valence-corrected chi connectivity index (χ0v) is 11.2. The molecule has 3 nitrogen and oxygen atoms in total. The summed E-state index contributed by atoms with van der Waals surface area (Å²) in [4.78, 5) is 4.58. The van der Waals surface area contributed by atoms with Crippen molar-refractivity contribution < 1.29 is 4.74 Å². The molecular weight excluding hydrogens is 224 g/mol. The molecule has 0 bridgehead atoms. The lowest BCUT2D eigenvalue weighted by Crippen LogP contribution is -2.17. The number of aromatic nitrogens is 1. The number of hydrogen-bond acceptors (Lipinski definition) is 3. The topological polar surface area (TPSA) is 34.2 Å². The van der Waals surface area contributed by atoms with Gasteiger partial charge in [-0.1, -0.05) is 13.0 Å². The van der Waals surface area contributed by atoms with Gasteiger partial charge >= 0.3 is 0 Å². The Morgan fingerprint density at radius 3 is 2.83 bits per heavy atom. The summed E-state index contributed by atoms with van der Waals surface area (Å²) in [5.74, 6) is 1.32. The highest BCUT2D eigenvalue weighted by molar-refractivity contribution is 5.86. The van der Waals surface area contributed by atoms with Crippen LogP contribution in [0.2, 0.25) is 0 Å². The Labute approximate surface area is 108 Å². The van der Waals surface area contributed by atoms with E-state index in [1.807, 2.05) is 25.4 Å². The second-order valence-electron chi connectivity index (χ2n) is 4.45. The summed E-state index contributed by atoms with van der Waals surface area (Å²) in [6.45, 7) is 3.14. The van der Waals surface area contributed by atoms with Gasteiger partial charge in [-0.3, -0.25) is 4.98 Å². The lowest BCUT2D eigenvalue weighted by atomic mass is 9.96. The third-order valence-corrected chi connectivity index (χ3v) is 3.33. The molecule has 0 fully saturated rings. The largest absolute Gasteiger partial charge is 0.497 e. The van der Waals surface area contributed by atoms with Gasteiger partial charge in [0.1, 0.15) is 5.75 Å². The molecule has 0 spiro atoms. The van der Waals surface area contributed by atoms with Crippen LogP contribution in [-0.4, -0.2) is 25.7 Å². The number of fused-ring (bicyclic) bond motifs is 1. The molecule has 0 saturated carbocycles. The van der Waals surface area contributed by atoms with Crippen molar-refractivity contribution in [3.05, 3.63) is 36.2 Å². The van der Waals surface area contributed by atoms with E-state index in [2.05, 4.69) is 29.4 Å². The molecule has 1 aromatic heterocycles. The van der Waals surface area contributed by atoms with Gasteiger partial charge in [0.05, 0.1) is 12.8 Å². The summed E-state index contributed by atoms with van der Waals surface area (Å²) in [6.07, 6.45) is 2.96. The van der Waals surface area contributed by atoms with Gasteiger partial charge in [-0.15, -0.1) is 0 Å². The monoisotopic (exact) mass is 244 g/mol. The molecule has 0 saturated heterocycles. The summed E-state index contributed by atoms with van der Waals surface area (Å²) >= 11 is 0. The SMILES string of the molecule is CCC(CNC)c1nccc2ccc(OC)cc12. The van der Waals surface area contributed by atoms with Crippen molar-refractivity contribution in [1.29, 1.82) is 0 Å². The van der Waals surface area contributed by atoms with Crippen LogP contribution in [0, 0.1) is 0 Å². The first-order valence-corrected chi connectivity index (χ1v) is 6.37. The normalized spacial score (nSPS) is 12.6. The van der Waals surface area contributed by atoms with Crippen LogP contribution in [0.5, 0.6) is 5.75 Å². The smallest absolute Gasteiger partial charge is 0.119 e. The molecular formula is C15H20N2O. The summed E-state index contributed by atoms with van der Waals surface area (Å²) < 4.78 is 5.31. The highest BCUT2D eigenvalue weighted by Gasteiger charge is 2.13. The van der Waals surface area contributed by atoms with Crippen molar-refractivity contribution >= 4 is 10.8 Å². The fourth-order valence-corrected chi connectivity index (χ4v) is 2.30. The molecule has 0 radical (unpaired) electrons. The highest BCUT2D eigenvalue weighted by atomic mass is 16.5. The van der Waals surface area contributed by atoms with Crippen LogP contribution in [0.1, 0.15) is 25.0 Å². The molecule has 3 heteroatoms. The molecule has 0 aliphatic carbocycles. The maximum absolute atomic E-state index is 5.31. The number of likely N-dealkylation sites (N-methyl/N-ethyl adjacent to an activating group) is 1. The van der Waals surface area contributed by atoms with Gasteiger partial charge < -0.3 is 10.1 Å². The molecule has 0 aliphatic heterocycles. The number of benzene rings is 1. The highest BCUT2D eigenvalue weighted by Crippen LogP contribution is 2.28. The van der Waals surface area contributed by atoms with E-state index in [1.165, 1.54) is 10.8 Å². The number of nitrogens with zero attached hydrogens (tertiary/aromatic N) is 1. The van der Waals surface area contributed by atoms with Crippen LogP contribution < -0.4 is 10.1 Å². The van der Waals surface area contributed by atoms with Crippen LogP contribution in [0.25, 0.3) is 10.8 Å². The van der Waals surface area contributed by atoms with E-state index in [9.17, 15) is 0 Å². The second-order valence-corrected chi connectivity index (χ2v) is 4.45. The van der Waals surface area contributed by atoms with Crippen molar-refractivity contribution in [2.24, 2.45) is 0 Å². The van der Waals surface area contributed by atoms with Gasteiger partial charge in [-0.2, -0.15) is 0 Å². The summed E-state index contributed by atoms with van der Waals surface area (Å²) in [5.41, 5.74) is 1.16. The Balaban J connectivity index is 2.54. The first kappa shape index (κ1) is 12.8. The molecule has 1 atom stereocenters. The van der Waals surface area contributed by atoms with Crippen molar-refractivity contribution in [1.82, 2.24) is 10.3 Å². The fraction of sp³-hybridized carbons (Fsp3) is 0.400. The molecule has 1 heterocycles. The Kier molecular flexibility index (Phi) is 4.15. The van der Waals surface area contributed by atoms with Crippen LogP contribution in [0.3, 0.4) is 0 Å². The van der Waals surface area contributed by atoms with Gasteiger partial charge in [0.15, 0.2) is 0 Å². The van der Waals surface area contributed by atoms with E-state index in [0.29, 0.717) is 5.92 Å². The molecule has 0 aliphatic rings. The van der Waals surface area contributed by atoms with Crippen LogP contribution in [-0.2, 0) is 0 Å². The van der Waals surface area contributed by atoms with Gasteiger partial charge in [0.2, 0.25) is 0 Å². The summed E-state index contributed by atoms with van der Waals surface area (Å²) in [5, 5.41) is 5.65. The second kappa shape index (κ2) is 5.83. The number of rotatable bonds is 5. The zero-order chi connectivity index (χ0) is 13.0. The third-order valence-electron chi connectivity index (χ3n) is 3.33. The van der Waals surface area contributed by atoms with Crippen LogP contribution in [0.4, 0.5) is 0 Å². The summed E-state index contributed by atoms with van der Waals surface area (Å²) in [6, 6.07) is 8.21. The van der Waals surface area contributed by atoms with Gasteiger partial charge in [-0.25, -0.2) is 0 Å². The maximum atomic E-state index is 5.31. The van der Waals surface area contributed by atoms with E-state index in [1.54, 1.807) is 7.11 Å². The number of nitrogens with one attached hydrogen (secondary N) is 1. The Morgan fingerprint density at radius 1 is 1.33 bits per heavy atom. The van der Waals surface area contributed by atoms with Gasteiger partial charge in [0, 0.05) is 24.0 Å². The Morgan fingerprint density at radius 2 is 2.17 bits per heavy atom. The van der Waals surface area contributed by atoms with E-state index >= 15 is 0 Å². The van der Waals surface area contributed by atoms with E-state index < -0.39 is 0 Å². The fourth-order valence-electron chi connectivity index (χ4n) is 2.30. The lowest BCUT2D eigenvalue weighted by Gasteiger charge is -2.16. The third kappa shape index (κ3) is 2.46. The van der Waals surface area contributed by atoms with Crippen molar-refractivity contribution in [2.45, 2.75) is 19.3 Å². The molecule has 2 aromatic rings. The molecule has 96 valence electrons. The van der Waals surface area contributed by atoms with E-state index in [-0.39, 0.29) is 0 Å². The number of methoxy groups -OCH3 is 1. The van der Waals surface area contributed by atoms with Crippen molar-refractivity contribution in [2.75, 3.05) is 20.7 Å².